The molecule has 0 aromatic heterocycles. The molecule has 0 unspecified atom stereocenters. The third-order valence-electron chi connectivity index (χ3n) is 7.93. The zero-order valence-corrected chi connectivity index (χ0v) is 23.1. The Bertz CT molecular complexity index is 913. The number of fused-ring (bicyclic) bond motifs is 2. The summed E-state index contributed by atoms with van der Waals surface area (Å²) in [5, 5.41) is 0. The Morgan fingerprint density at radius 1 is 0.450 bits per heavy atom. The smallest absolute Gasteiger partial charge is 0.178 e. The van der Waals surface area contributed by atoms with E-state index in [0.29, 0.717) is 112 Å². The van der Waals surface area contributed by atoms with Gasteiger partial charge in [0.15, 0.2) is 11.6 Å². The summed E-state index contributed by atoms with van der Waals surface area (Å²) in [5.74, 6) is -0.0420. The Balaban J connectivity index is 1.23. The normalized spacial score (nSPS) is 27.5. The summed E-state index contributed by atoms with van der Waals surface area (Å²) in [6, 6.07) is 0. The average Bonchev–Trinajstić information content (AvgIpc) is 2.95. The Morgan fingerprint density at radius 3 is 1.32 bits per heavy atom. The molecule has 0 aromatic rings. The van der Waals surface area contributed by atoms with Gasteiger partial charge in [-0.1, -0.05) is 0 Å². The van der Waals surface area contributed by atoms with Crippen LogP contribution in [0.1, 0.15) is 19.3 Å². The summed E-state index contributed by atoms with van der Waals surface area (Å²) < 4.78 is 46.6. The van der Waals surface area contributed by atoms with Crippen LogP contribution in [-0.2, 0) is 47.5 Å². The highest BCUT2D eigenvalue weighted by atomic mass is 16.6. The first-order valence-electron chi connectivity index (χ1n) is 14.3. The van der Waals surface area contributed by atoms with E-state index in [1.165, 1.54) is 0 Å². The van der Waals surface area contributed by atoms with Gasteiger partial charge >= 0.3 is 0 Å². The Kier molecular flexibility index (Phi) is 10.5. The largest absolute Gasteiger partial charge is 0.379 e. The number of carbonyl (C=O) groups excluding carboxylic acids is 2. The van der Waals surface area contributed by atoms with Crippen molar-refractivity contribution in [3.05, 3.63) is 46.6 Å². The van der Waals surface area contributed by atoms with Crippen LogP contribution in [0.25, 0.3) is 0 Å². The van der Waals surface area contributed by atoms with Crippen LogP contribution < -0.4 is 0 Å². The lowest BCUT2D eigenvalue weighted by atomic mass is 9.42. The fourth-order valence-electron chi connectivity index (χ4n) is 6.12. The van der Waals surface area contributed by atoms with Crippen molar-refractivity contribution >= 4 is 11.6 Å². The van der Waals surface area contributed by atoms with E-state index in [-0.39, 0.29) is 11.6 Å². The Labute approximate surface area is 235 Å². The molecule has 0 aromatic carbocycles. The van der Waals surface area contributed by atoms with Crippen LogP contribution in [0.5, 0.6) is 0 Å². The lowest BCUT2D eigenvalue weighted by molar-refractivity contribution is -0.135. The first-order chi connectivity index (χ1) is 19.7. The van der Waals surface area contributed by atoms with Gasteiger partial charge in [-0.25, -0.2) is 0 Å². The second-order valence-corrected chi connectivity index (χ2v) is 10.4. The second-order valence-electron chi connectivity index (χ2n) is 10.4. The van der Waals surface area contributed by atoms with Crippen LogP contribution in [0.3, 0.4) is 0 Å². The van der Waals surface area contributed by atoms with Gasteiger partial charge < -0.3 is 37.9 Å². The van der Waals surface area contributed by atoms with Crippen LogP contribution in [0.4, 0.5) is 0 Å². The lowest BCUT2D eigenvalue weighted by Gasteiger charge is -2.65. The molecular weight excluding hydrogens is 520 g/mol. The molecule has 3 fully saturated rings. The first-order valence-corrected chi connectivity index (χ1v) is 14.3. The molecule has 0 N–H and O–H groups in total. The van der Waals surface area contributed by atoms with E-state index in [4.69, 9.17) is 37.9 Å². The molecule has 6 aliphatic rings. The van der Waals surface area contributed by atoms with Gasteiger partial charge in [0, 0.05) is 13.2 Å². The number of hydrogen-bond acceptors (Lipinski definition) is 10. The van der Waals surface area contributed by atoms with E-state index >= 15 is 0 Å². The van der Waals surface area contributed by atoms with Crippen molar-refractivity contribution in [2.24, 2.45) is 5.41 Å². The number of carbonyl (C=O) groups is 2. The summed E-state index contributed by atoms with van der Waals surface area (Å²) in [6.45, 7) is 7.00. The number of allylic oxidation sites excluding steroid dienone is 4. The molecule has 10 heteroatoms. The van der Waals surface area contributed by atoms with E-state index < -0.39 is 11.0 Å². The highest BCUT2D eigenvalue weighted by Crippen LogP contribution is 2.69. The van der Waals surface area contributed by atoms with Gasteiger partial charge in [0.05, 0.1) is 91.3 Å². The molecule has 0 atom stereocenters. The molecule has 40 heavy (non-hydrogen) atoms. The van der Waals surface area contributed by atoms with E-state index in [9.17, 15) is 9.59 Å². The topological polar surface area (TPSA) is 108 Å². The van der Waals surface area contributed by atoms with Crippen LogP contribution in [0.2, 0.25) is 0 Å². The van der Waals surface area contributed by atoms with E-state index in [1.54, 1.807) is 24.3 Å². The molecule has 1 heterocycles. The molecule has 5 aliphatic carbocycles. The first kappa shape index (κ1) is 29.5. The summed E-state index contributed by atoms with van der Waals surface area (Å²) in [5.41, 5.74) is 2.35. The molecule has 4 bridgehead atoms. The highest BCUT2D eigenvalue weighted by molar-refractivity contribution is 6.06. The minimum absolute atomic E-state index is 0.0148. The van der Waals surface area contributed by atoms with Crippen LogP contribution in [0, 0.1) is 5.41 Å². The van der Waals surface area contributed by atoms with Gasteiger partial charge in [0.1, 0.15) is 5.60 Å². The highest BCUT2D eigenvalue weighted by Gasteiger charge is 2.70. The van der Waals surface area contributed by atoms with E-state index in [1.807, 2.05) is 0 Å². The van der Waals surface area contributed by atoms with Gasteiger partial charge in [-0.2, -0.15) is 0 Å². The van der Waals surface area contributed by atoms with Crippen LogP contribution in [0.15, 0.2) is 46.6 Å². The van der Waals surface area contributed by atoms with E-state index in [2.05, 4.69) is 0 Å². The average molecular weight is 561 g/mol. The molecule has 2 saturated carbocycles. The molecule has 6 rings (SSSR count). The van der Waals surface area contributed by atoms with Gasteiger partial charge in [0.25, 0.3) is 0 Å². The van der Waals surface area contributed by atoms with Crippen LogP contribution in [-0.4, -0.2) is 116 Å². The second kappa shape index (κ2) is 14.2. The van der Waals surface area contributed by atoms with Gasteiger partial charge in [-0.3, -0.25) is 9.59 Å². The number of hydrogen-bond donors (Lipinski definition) is 0. The van der Waals surface area contributed by atoms with Crippen molar-refractivity contribution in [3.8, 4) is 0 Å². The van der Waals surface area contributed by atoms with Gasteiger partial charge in [0.2, 0.25) is 0 Å². The molecule has 0 amide bonds. The van der Waals surface area contributed by atoms with Crippen molar-refractivity contribution in [2.75, 3.05) is 99.1 Å². The summed E-state index contributed by atoms with van der Waals surface area (Å²) in [7, 11) is 0. The number of ketones is 2. The maximum absolute atomic E-state index is 12.3. The molecule has 1 saturated heterocycles. The SMILES string of the molecule is O=C1C=C2CC(=C1)C21COCCOCCOCCOCCCOCCOCCOCCOC12C1=CC(=O)C=C2C1. The molecular formula is C30H40O10. The predicted octanol–water partition coefficient (Wildman–Crippen LogP) is 1.93. The maximum atomic E-state index is 12.3. The maximum Gasteiger partial charge on any atom is 0.178 e. The van der Waals surface area contributed by atoms with E-state index in [0.717, 1.165) is 28.7 Å². The number of rotatable bonds is 0. The zero-order chi connectivity index (χ0) is 27.7. The zero-order valence-electron chi connectivity index (χ0n) is 23.1. The van der Waals surface area contributed by atoms with Crippen LogP contribution >= 0.6 is 0 Å². The predicted molar refractivity (Wildman–Crippen MR) is 143 cm³/mol. The molecule has 220 valence electrons. The lowest BCUT2D eigenvalue weighted by Crippen LogP contribution is -2.67. The fourth-order valence-corrected chi connectivity index (χ4v) is 6.12. The third kappa shape index (κ3) is 6.24. The third-order valence-corrected chi connectivity index (χ3v) is 7.93. The van der Waals surface area contributed by atoms with Crippen molar-refractivity contribution < 1.29 is 47.5 Å². The summed E-state index contributed by atoms with van der Waals surface area (Å²) >= 11 is 0. The molecule has 1 aliphatic heterocycles. The van der Waals surface area contributed by atoms with Crippen molar-refractivity contribution in [1.82, 2.24) is 0 Å². The minimum atomic E-state index is -0.837. The Morgan fingerprint density at radius 2 is 0.825 bits per heavy atom. The molecule has 0 radical (unpaired) electrons. The van der Waals surface area contributed by atoms with Gasteiger partial charge in [-0.15, -0.1) is 0 Å². The summed E-state index contributed by atoms with van der Waals surface area (Å²) in [4.78, 5) is 24.6. The number of ether oxygens (including phenoxy) is 8. The van der Waals surface area contributed by atoms with Gasteiger partial charge in [-0.05, 0) is 65.9 Å². The summed E-state index contributed by atoms with van der Waals surface area (Å²) in [6.07, 6.45) is 8.98. The van der Waals surface area contributed by atoms with Crippen molar-refractivity contribution in [3.63, 3.8) is 0 Å². The van der Waals surface area contributed by atoms with Crippen molar-refractivity contribution in [1.29, 1.82) is 0 Å². The van der Waals surface area contributed by atoms with Crippen molar-refractivity contribution in [2.45, 2.75) is 24.9 Å². The molecule has 2 spiro atoms. The molecule has 10 nitrogen and oxygen atoms in total. The minimum Gasteiger partial charge on any atom is -0.379 e. The Hall–Kier alpha value is -2.02. The monoisotopic (exact) mass is 560 g/mol. The standard InChI is InChI=1S/C30H40O10/c31-27-18-23-16-24(19-27)29(23)22-39-13-12-37-9-8-35-6-4-33-2-1-3-34-5-7-36-10-11-38-14-15-40-30(29)25-17-26(30)21-28(32)20-25/h18-21H,1-17,22H2. The fraction of sp³-hybridized carbons (Fsp3) is 0.667. The quantitative estimate of drug-likeness (QED) is 0.436.